The lowest BCUT2D eigenvalue weighted by molar-refractivity contribution is 0.780. The Hall–Kier alpha value is -0.300. The molecule has 0 aromatic carbocycles. The third kappa shape index (κ3) is 5.83. The highest BCUT2D eigenvalue weighted by Gasteiger charge is 1.86. The monoisotopic (exact) mass is 141 g/mol. The number of allylic oxidation sites excluding steroid dienone is 1. The highest BCUT2D eigenvalue weighted by Crippen LogP contribution is 2.04. The fraction of sp³-hybridized carbons (Fsp3) is 0.778. The second-order valence-corrected chi connectivity index (χ2v) is 2.71. The summed E-state index contributed by atoms with van der Waals surface area (Å²) in [4.78, 5) is 0. The first-order chi connectivity index (χ1) is 4.81. The highest BCUT2D eigenvalue weighted by molar-refractivity contribution is 4.98. The topological polar surface area (TPSA) is 12.0 Å². The van der Waals surface area contributed by atoms with E-state index in [2.05, 4.69) is 25.2 Å². The Balaban J connectivity index is 3.30. The summed E-state index contributed by atoms with van der Waals surface area (Å²) in [6.07, 6.45) is 6.14. The van der Waals surface area contributed by atoms with Gasteiger partial charge < -0.3 is 5.32 Å². The van der Waals surface area contributed by atoms with Gasteiger partial charge in [-0.3, -0.25) is 0 Å². The number of hydrogen-bond acceptors (Lipinski definition) is 1. The molecular formula is C9H19N. The number of hydrogen-bond donors (Lipinski definition) is 1. The summed E-state index contributed by atoms with van der Waals surface area (Å²) in [5, 5.41) is 3.10. The molecule has 0 rings (SSSR count). The van der Waals surface area contributed by atoms with Crippen LogP contribution < -0.4 is 5.32 Å². The lowest BCUT2D eigenvalue weighted by Crippen LogP contribution is -2.04. The fourth-order valence-corrected chi connectivity index (χ4v) is 0.834. The Morgan fingerprint density at radius 2 is 2.20 bits per heavy atom. The second-order valence-electron chi connectivity index (χ2n) is 2.71. The van der Waals surface area contributed by atoms with Crippen LogP contribution in [0.3, 0.4) is 0 Å². The molecular weight excluding hydrogens is 122 g/mol. The van der Waals surface area contributed by atoms with Gasteiger partial charge in [-0.15, -0.1) is 0 Å². The number of unbranched alkanes of at least 4 members (excludes halogenated alkanes) is 1. The molecule has 0 fully saturated rings. The molecule has 0 aliphatic heterocycles. The Labute approximate surface area is 64.5 Å². The minimum absolute atomic E-state index is 1.01. The molecule has 1 heteroatoms. The maximum absolute atomic E-state index is 3.10. The van der Waals surface area contributed by atoms with Gasteiger partial charge in [0.15, 0.2) is 0 Å². The SMILES string of the molecule is CCCCC(C)=CCNC. The zero-order valence-corrected chi connectivity index (χ0v) is 7.41. The number of nitrogens with one attached hydrogen (secondary N) is 1. The molecule has 60 valence electrons. The van der Waals surface area contributed by atoms with Crippen molar-refractivity contribution in [2.45, 2.75) is 33.1 Å². The first kappa shape index (κ1) is 9.70. The summed E-state index contributed by atoms with van der Waals surface area (Å²) in [7, 11) is 1.98. The molecule has 0 atom stereocenters. The van der Waals surface area contributed by atoms with Gasteiger partial charge in [-0.25, -0.2) is 0 Å². The molecule has 0 aliphatic carbocycles. The quantitative estimate of drug-likeness (QED) is 0.579. The van der Waals surface area contributed by atoms with Crippen molar-refractivity contribution >= 4 is 0 Å². The predicted molar refractivity (Wildman–Crippen MR) is 47.2 cm³/mol. The van der Waals surface area contributed by atoms with Crippen molar-refractivity contribution < 1.29 is 0 Å². The van der Waals surface area contributed by atoms with E-state index in [-0.39, 0.29) is 0 Å². The first-order valence-electron chi connectivity index (χ1n) is 4.11. The van der Waals surface area contributed by atoms with E-state index >= 15 is 0 Å². The van der Waals surface area contributed by atoms with Crippen molar-refractivity contribution in [3.8, 4) is 0 Å². The summed E-state index contributed by atoms with van der Waals surface area (Å²) in [6.45, 7) is 5.44. The normalized spacial score (nSPS) is 12.1. The van der Waals surface area contributed by atoms with Crippen LogP contribution in [0.1, 0.15) is 33.1 Å². The Morgan fingerprint density at radius 3 is 2.70 bits per heavy atom. The van der Waals surface area contributed by atoms with E-state index in [1.54, 1.807) is 0 Å². The van der Waals surface area contributed by atoms with Gasteiger partial charge in [0.25, 0.3) is 0 Å². The predicted octanol–water partition coefficient (Wildman–Crippen LogP) is 2.34. The highest BCUT2D eigenvalue weighted by atomic mass is 14.8. The molecule has 1 N–H and O–H groups in total. The molecule has 0 spiro atoms. The first-order valence-corrected chi connectivity index (χ1v) is 4.11. The van der Waals surface area contributed by atoms with Crippen LogP contribution in [0.25, 0.3) is 0 Å². The fourth-order valence-electron chi connectivity index (χ4n) is 0.834. The maximum Gasteiger partial charge on any atom is 0.0134 e. The van der Waals surface area contributed by atoms with Crippen LogP contribution in [0.2, 0.25) is 0 Å². The van der Waals surface area contributed by atoms with Crippen molar-refractivity contribution in [3.63, 3.8) is 0 Å². The average molecular weight is 141 g/mol. The lowest BCUT2D eigenvalue weighted by Gasteiger charge is -1.98. The number of likely N-dealkylation sites (N-methyl/N-ethyl adjacent to an activating group) is 1. The Kier molecular flexibility index (Phi) is 6.61. The van der Waals surface area contributed by atoms with E-state index in [9.17, 15) is 0 Å². The van der Waals surface area contributed by atoms with Gasteiger partial charge in [-0.1, -0.05) is 25.0 Å². The van der Waals surface area contributed by atoms with Gasteiger partial charge in [-0.05, 0) is 26.8 Å². The molecule has 0 radical (unpaired) electrons. The van der Waals surface area contributed by atoms with Gasteiger partial charge in [0.1, 0.15) is 0 Å². The molecule has 0 saturated carbocycles. The molecule has 0 saturated heterocycles. The van der Waals surface area contributed by atoms with E-state index in [1.165, 1.54) is 24.8 Å². The van der Waals surface area contributed by atoms with Crippen LogP contribution in [0, 0.1) is 0 Å². The molecule has 0 aliphatic rings. The van der Waals surface area contributed by atoms with Gasteiger partial charge in [0.05, 0.1) is 0 Å². The Bertz CT molecular complexity index is 94.9. The maximum atomic E-state index is 3.10. The molecule has 0 amide bonds. The van der Waals surface area contributed by atoms with Crippen LogP contribution in [-0.4, -0.2) is 13.6 Å². The second kappa shape index (κ2) is 6.81. The summed E-state index contributed by atoms with van der Waals surface area (Å²) >= 11 is 0. The minimum Gasteiger partial charge on any atom is -0.316 e. The summed E-state index contributed by atoms with van der Waals surface area (Å²) < 4.78 is 0. The number of rotatable bonds is 5. The smallest absolute Gasteiger partial charge is 0.0134 e. The van der Waals surface area contributed by atoms with Crippen LogP contribution >= 0.6 is 0 Å². The van der Waals surface area contributed by atoms with Crippen LogP contribution in [0.5, 0.6) is 0 Å². The van der Waals surface area contributed by atoms with E-state index in [4.69, 9.17) is 0 Å². The summed E-state index contributed by atoms with van der Waals surface area (Å²) in [5.74, 6) is 0. The molecule has 10 heavy (non-hydrogen) atoms. The van der Waals surface area contributed by atoms with E-state index < -0.39 is 0 Å². The third-order valence-corrected chi connectivity index (χ3v) is 1.58. The summed E-state index contributed by atoms with van der Waals surface area (Å²) in [5.41, 5.74) is 1.51. The van der Waals surface area contributed by atoms with Crippen LogP contribution in [-0.2, 0) is 0 Å². The molecule has 0 unspecified atom stereocenters. The largest absolute Gasteiger partial charge is 0.316 e. The standard InChI is InChI=1S/C9H19N/c1-4-5-6-9(2)7-8-10-3/h7,10H,4-6,8H2,1-3H3. The van der Waals surface area contributed by atoms with Crippen LogP contribution in [0.15, 0.2) is 11.6 Å². The molecule has 1 nitrogen and oxygen atoms in total. The molecule has 0 bridgehead atoms. The van der Waals surface area contributed by atoms with Gasteiger partial charge >= 0.3 is 0 Å². The van der Waals surface area contributed by atoms with Crippen molar-refractivity contribution in [2.75, 3.05) is 13.6 Å². The lowest BCUT2D eigenvalue weighted by atomic mass is 10.1. The van der Waals surface area contributed by atoms with Gasteiger partial charge in [0, 0.05) is 6.54 Å². The average Bonchev–Trinajstić information content (AvgIpc) is 1.97. The van der Waals surface area contributed by atoms with Crippen molar-refractivity contribution in [1.82, 2.24) is 5.32 Å². The minimum atomic E-state index is 1.01. The third-order valence-electron chi connectivity index (χ3n) is 1.58. The van der Waals surface area contributed by atoms with Crippen molar-refractivity contribution in [1.29, 1.82) is 0 Å². The zero-order chi connectivity index (χ0) is 7.82. The van der Waals surface area contributed by atoms with Crippen molar-refractivity contribution in [3.05, 3.63) is 11.6 Å². The van der Waals surface area contributed by atoms with Gasteiger partial charge in [0.2, 0.25) is 0 Å². The Morgan fingerprint density at radius 1 is 1.50 bits per heavy atom. The molecule has 0 heterocycles. The molecule has 0 aromatic heterocycles. The van der Waals surface area contributed by atoms with E-state index in [0.717, 1.165) is 6.54 Å². The van der Waals surface area contributed by atoms with Crippen molar-refractivity contribution in [2.24, 2.45) is 0 Å². The van der Waals surface area contributed by atoms with Crippen LogP contribution in [0.4, 0.5) is 0 Å². The van der Waals surface area contributed by atoms with E-state index in [1.807, 2.05) is 7.05 Å². The molecule has 0 aromatic rings. The van der Waals surface area contributed by atoms with E-state index in [0.29, 0.717) is 0 Å². The zero-order valence-electron chi connectivity index (χ0n) is 7.41. The summed E-state index contributed by atoms with van der Waals surface area (Å²) in [6, 6.07) is 0. The van der Waals surface area contributed by atoms with Gasteiger partial charge in [-0.2, -0.15) is 0 Å².